The molecule has 0 aromatic carbocycles. The van der Waals surface area contributed by atoms with Gasteiger partial charge in [0.1, 0.15) is 0 Å². The summed E-state index contributed by atoms with van der Waals surface area (Å²) in [5.41, 5.74) is -0.00917. The van der Waals surface area contributed by atoms with Crippen molar-refractivity contribution in [3.05, 3.63) is 0 Å². The summed E-state index contributed by atoms with van der Waals surface area (Å²) in [5.74, 6) is 0. The van der Waals surface area contributed by atoms with Gasteiger partial charge in [0.15, 0.2) is 6.19 Å². The van der Waals surface area contributed by atoms with Crippen LogP contribution in [0.15, 0.2) is 0 Å². The normalized spacial score (nSPS) is 10.7. The first kappa shape index (κ1) is 9.29. The van der Waals surface area contributed by atoms with E-state index in [0.717, 1.165) is 13.0 Å². The van der Waals surface area contributed by atoms with Crippen molar-refractivity contribution in [3.63, 3.8) is 0 Å². The lowest BCUT2D eigenvalue weighted by atomic mass is 10.1. The summed E-state index contributed by atoms with van der Waals surface area (Å²) < 4.78 is 0. The van der Waals surface area contributed by atoms with E-state index in [1.807, 2.05) is 20.8 Å². The zero-order chi connectivity index (χ0) is 8.20. The Kier molecular flexibility index (Phi) is 3.21. The second-order valence-corrected chi connectivity index (χ2v) is 3.42. The molecule has 0 saturated carbocycles. The molecule has 2 nitrogen and oxygen atoms in total. The largest absolute Gasteiger partial charge is 0.305 e. The second kappa shape index (κ2) is 3.46. The summed E-state index contributed by atoms with van der Waals surface area (Å²) in [6.07, 6.45) is 3.21. The number of rotatable bonds is 2. The first-order chi connectivity index (χ1) is 4.52. The van der Waals surface area contributed by atoms with Crippen molar-refractivity contribution in [3.8, 4) is 6.19 Å². The third kappa shape index (κ3) is 2.72. The van der Waals surface area contributed by atoms with E-state index in [4.69, 9.17) is 5.26 Å². The number of hydrogen-bond acceptors (Lipinski definition) is 2. The molecule has 0 heterocycles. The second-order valence-electron chi connectivity index (χ2n) is 3.42. The Labute approximate surface area is 63.4 Å². The number of hydrogen-bond donors (Lipinski definition) is 0. The average molecular weight is 140 g/mol. The molecule has 0 rings (SSSR count). The molecule has 0 aromatic rings. The predicted octanol–water partition coefficient (Wildman–Crippen LogP) is 1.98. The fraction of sp³-hybridized carbons (Fsp3) is 0.875. The van der Waals surface area contributed by atoms with Crippen LogP contribution in [0, 0.1) is 11.5 Å². The van der Waals surface area contributed by atoms with Crippen LogP contribution in [-0.2, 0) is 0 Å². The van der Waals surface area contributed by atoms with Crippen LogP contribution in [0.2, 0.25) is 0 Å². The number of nitrogens with zero attached hydrogens (tertiary/aromatic N) is 2. The Morgan fingerprint density at radius 1 is 1.40 bits per heavy atom. The summed E-state index contributed by atoms with van der Waals surface area (Å²) in [6.45, 7) is 9.08. The van der Waals surface area contributed by atoms with Gasteiger partial charge < -0.3 is 4.90 Å². The zero-order valence-corrected chi connectivity index (χ0v) is 7.31. The molecule has 0 fully saturated rings. The van der Waals surface area contributed by atoms with Crippen LogP contribution in [0.1, 0.15) is 34.1 Å². The van der Waals surface area contributed by atoms with E-state index in [0.29, 0.717) is 0 Å². The lowest BCUT2D eigenvalue weighted by molar-refractivity contribution is 0.218. The van der Waals surface area contributed by atoms with Crippen LogP contribution in [-0.4, -0.2) is 17.0 Å². The van der Waals surface area contributed by atoms with Gasteiger partial charge in [0, 0.05) is 12.1 Å². The Balaban J connectivity index is 3.98. The van der Waals surface area contributed by atoms with Gasteiger partial charge in [-0.2, -0.15) is 5.26 Å². The highest BCUT2D eigenvalue weighted by Crippen LogP contribution is 2.11. The van der Waals surface area contributed by atoms with Gasteiger partial charge in [0.2, 0.25) is 0 Å². The van der Waals surface area contributed by atoms with Crippen LogP contribution in [0.5, 0.6) is 0 Å². The maximum Gasteiger partial charge on any atom is 0.179 e. The molecule has 0 aliphatic heterocycles. The maximum atomic E-state index is 8.67. The Hall–Kier alpha value is -0.710. The molecular weight excluding hydrogens is 124 g/mol. The molecule has 0 unspecified atom stereocenters. The summed E-state index contributed by atoms with van der Waals surface area (Å²) >= 11 is 0. The van der Waals surface area contributed by atoms with Crippen LogP contribution in [0.3, 0.4) is 0 Å². The first-order valence-corrected chi connectivity index (χ1v) is 3.69. The fourth-order valence-electron chi connectivity index (χ4n) is 0.759. The molecule has 2 heteroatoms. The van der Waals surface area contributed by atoms with Gasteiger partial charge in [-0.1, -0.05) is 6.92 Å². The molecule has 10 heavy (non-hydrogen) atoms. The fourth-order valence-corrected chi connectivity index (χ4v) is 0.759. The Morgan fingerprint density at radius 3 is 2.00 bits per heavy atom. The van der Waals surface area contributed by atoms with Crippen molar-refractivity contribution in [2.75, 3.05) is 6.54 Å². The van der Waals surface area contributed by atoms with Gasteiger partial charge in [-0.3, -0.25) is 0 Å². The summed E-state index contributed by atoms with van der Waals surface area (Å²) in [6, 6.07) is 0. The van der Waals surface area contributed by atoms with Crippen molar-refractivity contribution < 1.29 is 0 Å². The quantitative estimate of drug-likeness (QED) is 0.433. The molecular formula is C8H16N2. The van der Waals surface area contributed by atoms with Gasteiger partial charge in [0.05, 0.1) is 0 Å². The molecule has 0 atom stereocenters. The molecule has 0 radical (unpaired) electrons. The van der Waals surface area contributed by atoms with Gasteiger partial charge >= 0.3 is 0 Å². The van der Waals surface area contributed by atoms with Crippen molar-refractivity contribution in [2.45, 2.75) is 39.7 Å². The molecule has 0 spiro atoms. The van der Waals surface area contributed by atoms with Crippen LogP contribution in [0.4, 0.5) is 0 Å². The summed E-state index contributed by atoms with van der Waals surface area (Å²) in [7, 11) is 0. The van der Waals surface area contributed by atoms with E-state index >= 15 is 0 Å². The molecule has 0 bridgehead atoms. The van der Waals surface area contributed by atoms with Crippen molar-refractivity contribution >= 4 is 0 Å². The first-order valence-electron chi connectivity index (χ1n) is 3.69. The molecule has 0 saturated heterocycles. The molecule has 0 N–H and O–H groups in total. The highest BCUT2D eigenvalue weighted by molar-refractivity contribution is 4.85. The van der Waals surface area contributed by atoms with Crippen LogP contribution >= 0.6 is 0 Å². The summed E-state index contributed by atoms with van der Waals surface area (Å²) in [4.78, 5) is 1.80. The molecule has 58 valence electrons. The molecule has 0 aliphatic rings. The van der Waals surface area contributed by atoms with E-state index in [2.05, 4.69) is 13.1 Å². The van der Waals surface area contributed by atoms with Crippen molar-refractivity contribution in [1.82, 2.24) is 4.90 Å². The molecule has 0 amide bonds. The van der Waals surface area contributed by atoms with Crippen LogP contribution in [0.25, 0.3) is 0 Å². The Morgan fingerprint density at radius 2 is 1.90 bits per heavy atom. The van der Waals surface area contributed by atoms with Gasteiger partial charge in [0.25, 0.3) is 0 Å². The van der Waals surface area contributed by atoms with E-state index < -0.39 is 0 Å². The predicted molar refractivity (Wildman–Crippen MR) is 42.4 cm³/mol. The highest BCUT2D eigenvalue weighted by atomic mass is 15.2. The number of nitriles is 1. The van der Waals surface area contributed by atoms with Gasteiger partial charge in [-0.25, -0.2) is 0 Å². The maximum absolute atomic E-state index is 8.67. The Bertz CT molecular complexity index is 127. The third-order valence-corrected chi connectivity index (χ3v) is 1.38. The van der Waals surface area contributed by atoms with Crippen molar-refractivity contribution in [2.24, 2.45) is 0 Å². The summed E-state index contributed by atoms with van der Waals surface area (Å²) in [5, 5.41) is 8.67. The van der Waals surface area contributed by atoms with Crippen molar-refractivity contribution in [1.29, 1.82) is 5.26 Å². The van der Waals surface area contributed by atoms with Crippen LogP contribution < -0.4 is 0 Å². The lowest BCUT2D eigenvalue weighted by Crippen LogP contribution is -2.37. The van der Waals surface area contributed by atoms with Gasteiger partial charge in [-0.05, 0) is 27.2 Å². The van der Waals surface area contributed by atoms with Gasteiger partial charge in [-0.15, -0.1) is 0 Å². The smallest absolute Gasteiger partial charge is 0.179 e. The third-order valence-electron chi connectivity index (χ3n) is 1.38. The standard InChI is InChI=1S/C8H16N2/c1-5-6-10(7-9)8(2,3)4/h5-6H2,1-4H3. The van der Waals surface area contributed by atoms with E-state index in [1.165, 1.54) is 0 Å². The topological polar surface area (TPSA) is 27.0 Å². The monoisotopic (exact) mass is 140 g/mol. The SMILES string of the molecule is CCCN(C#N)C(C)(C)C. The molecule has 0 aromatic heterocycles. The van der Waals surface area contributed by atoms with E-state index in [-0.39, 0.29) is 5.54 Å². The average Bonchev–Trinajstić information content (AvgIpc) is 1.80. The minimum Gasteiger partial charge on any atom is -0.305 e. The highest BCUT2D eigenvalue weighted by Gasteiger charge is 2.17. The lowest BCUT2D eigenvalue weighted by Gasteiger charge is -2.29. The van der Waals surface area contributed by atoms with E-state index in [1.54, 1.807) is 4.90 Å². The minimum atomic E-state index is -0.00917. The minimum absolute atomic E-state index is 0.00917. The molecule has 0 aliphatic carbocycles. The van der Waals surface area contributed by atoms with E-state index in [9.17, 15) is 0 Å². The zero-order valence-electron chi connectivity index (χ0n) is 7.31.